The van der Waals surface area contributed by atoms with Crippen LogP contribution in [0, 0.1) is 13.8 Å². The number of ether oxygens (including phenoxy) is 1. The Morgan fingerprint density at radius 1 is 1.21 bits per heavy atom. The molecule has 0 unspecified atom stereocenters. The van der Waals surface area contributed by atoms with Gasteiger partial charge in [-0.15, -0.1) is 0 Å². The van der Waals surface area contributed by atoms with Crippen LogP contribution in [0.25, 0.3) is 10.9 Å². The molecule has 0 atom stereocenters. The molecular weight excluding hydrogens is 304 g/mol. The van der Waals surface area contributed by atoms with Gasteiger partial charge in [0.1, 0.15) is 0 Å². The van der Waals surface area contributed by atoms with Gasteiger partial charge in [0.05, 0.1) is 16.8 Å². The average Bonchev–Trinajstić information content (AvgIpc) is 3.06. The Kier molecular flexibility index (Phi) is 4.79. The van der Waals surface area contributed by atoms with Crippen molar-refractivity contribution in [1.29, 1.82) is 0 Å². The molecule has 5 heteroatoms. The second-order valence-corrected chi connectivity index (χ2v) is 6.34. The van der Waals surface area contributed by atoms with E-state index < -0.39 is 5.97 Å². The van der Waals surface area contributed by atoms with Crippen LogP contribution in [-0.2, 0) is 9.53 Å². The number of nitrogens with zero attached hydrogens (tertiary/aromatic N) is 1. The van der Waals surface area contributed by atoms with Crippen molar-refractivity contribution in [3.8, 4) is 0 Å². The van der Waals surface area contributed by atoms with E-state index in [4.69, 9.17) is 4.74 Å². The number of aryl methyl sites for hydroxylation is 2. The number of hydrogen-bond acceptors (Lipinski definition) is 4. The molecule has 3 rings (SSSR count). The Morgan fingerprint density at radius 2 is 1.92 bits per heavy atom. The molecule has 0 radical (unpaired) electrons. The van der Waals surface area contributed by atoms with E-state index >= 15 is 0 Å². The van der Waals surface area contributed by atoms with E-state index in [-0.39, 0.29) is 18.6 Å². The van der Waals surface area contributed by atoms with E-state index in [1.54, 1.807) is 6.92 Å². The number of hydrogen-bond donors (Lipinski definition) is 1. The second kappa shape index (κ2) is 6.99. The lowest BCUT2D eigenvalue weighted by Crippen LogP contribution is -2.36. The molecule has 0 bridgehead atoms. The van der Waals surface area contributed by atoms with Crippen molar-refractivity contribution in [3.05, 3.63) is 41.1 Å². The summed E-state index contributed by atoms with van der Waals surface area (Å²) in [6, 6.07) is 7.90. The number of rotatable bonds is 4. The van der Waals surface area contributed by atoms with Crippen molar-refractivity contribution in [1.82, 2.24) is 10.3 Å². The molecule has 2 aromatic rings. The first-order valence-electron chi connectivity index (χ1n) is 8.38. The Balaban J connectivity index is 1.70. The van der Waals surface area contributed by atoms with Gasteiger partial charge >= 0.3 is 5.97 Å². The van der Waals surface area contributed by atoms with Crippen molar-refractivity contribution in [2.75, 3.05) is 6.61 Å². The number of para-hydroxylation sites is 1. The summed E-state index contributed by atoms with van der Waals surface area (Å²) in [5, 5.41) is 3.83. The molecule has 0 aliphatic heterocycles. The fourth-order valence-corrected chi connectivity index (χ4v) is 3.37. The lowest BCUT2D eigenvalue weighted by Gasteiger charge is -2.14. The van der Waals surface area contributed by atoms with Gasteiger partial charge in [0.25, 0.3) is 5.91 Å². The van der Waals surface area contributed by atoms with Crippen LogP contribution < -0.4 is 5.32 Å². The largest absolute Gasteiger partial charge is 0.452 e. The number of esters is 1. The average molecular weight is 326 g/mol. The zero-order valence-corrected chi connectivity index (χ0v) is 14.1. The second-order valence-electron chi connectivity index (χ2n) is 6.34. The number of carbonyl (C=O) groups is 2. The van der Waals surface area contributed by atoms with E-state index in [2.05, 4.69) is 10.3 Å². The number of carbonyl (C=O) groups excluding carboxylic acids is 2. The number of aromatic nitrogens is 1. The predicted octanol–water partition coefficient (Wildman–Crippen LogP) is 3.07. The predicted molar refractivity (Wildman–Crippen MR) is 91.9 cm³/mol. The van der Waals surface area contributed by atoms with Crippen molar-refractivity contribution in [3.63, 3.8) is 0 Å². The molecule has 1 heterocycles. The normalized spacial score (nSPS) is 14.8. The van der Waals surface area contributed by atoms with Crippen LogP contribution in [0.5, 0.6) is 0 Å². The zero-order chi connectivity index (χ0) is 17.1. The van der Waals surface area contributed by atoms with Gasteiger partial charge in [-0.1, -0.05) is 31.0 Å². The van der Waals surface area contributed by atoms with Crippen LogP contribution in [0.1, 0.15) is 47.3 Å². The number of benzene rings is 1. The maximum atomic E-state index is 12.4. The summed E-state index contributed by atoms with van der Waals surface area (Å²) in [5.74, 6) is -0.732. The van der Waals surface area contributed by atoms with Crippen LogP contribution in [-0.4, -0.2) is 29.5 Å². The smallest absolute Gasteiger partial charge is 0.340 e. The third-order valence-corrected chi connectivity index (χ3v) is 4.59. The molecule has 5 nitrogen and oxygen atoms in total. The van der Waals surface area contributed by atoms with E-state index in [1.165, 1.54) is 0 Å². The molecule has 1 saturated carbocycles. The zero-order valence-electron chi connectivity index (χ0n) is 14.1. The van der Waals surface area contributed by atoms with Crippen LogP contribution in [0.15, 0.2) is 24.3 Å². The third kappa shape index (κ3) is 3.40. The van der Waals surface area contributed by atoms with E-state index in [9.17, 15) is 9.59 Å². The molecule has 1 aliphatic carbocycles. The highest BCUT2D eigenvalue weighted by atomic mass is 16.5. The van der Waals surface area contributed by atoms with E-state index in [1.807, 2.05) is 31.2 Å². The molecule has 1 aromatic carbocycles. The van der Waals surface area contributed by atoms with Crippen molar-refractivity contribution in [2.24, 2.45) is 0 Å². The minimum atomic E-state index is -0.496. The summed E-state index contributed by atoms with van der Waals surface area (Å²) in [7, 11) is 0. The Hall–Kier alpha value is -2.43. The van der Waals surface area contributed by atoms with Gasteiger partial charge in [-0.3, -0.25) is 9.78 Å². The lowest BCUT2D eigenvalue weighted by atomic mass is 10.0. The molecule has 126 valence electrons. The molecule has 1 fully saturated rings. The number of amides is 1. The summed E-state index contributed by atoms with van der Waals surface area (Å²) in [6.07, 6.45) is 4.30. The summed E-state index contributed by atoms with van der Waals surface area (Å²) in [5.41, 5.74) is 2.75. The van der Waals surface area contributed by atoms with E-state index in [0.29, 0.717) is 11.3 Å². The van der Waals surface area contributed by atoms with E-state index in [0.717, 1.165) is 42.1 Å². The van der Waals surface area contributed by atoms with Crippen molar-refractivity contribution < 1.29 is 14.3 Å². The molecule has 24 heavy (non-hydrogen) atoms. The monoisotopic (exact) mass is 326 g/mol. The first-order valence-corrected chi connectivity index (χ1v) is 8.38. The maximum absolute atomic E-state index is 12.4. The van der Waals surface area contributed by atoms with Crippen molar-refractivity contribution in [2.45, 2.75) is 45.6 Å². The Bertz CT molecular complexity index is 780. The third-order valence-electron chi connectivity index (χ3n) is 4.59. The van der Waals surface area contributed by atoms with Crippen LogP contribution in [0.4, 0.5) is 0 Å². The number of pyridine rings is 1. The maximum Gasteiger partial charge on any atom is 0.340 e. The van der Waals surface area contributed by atoms with Crippen LogP contribution in [0.3, 0.4) is 0 Å². The Labute approximate surface area is 141 Å². The summed E-state index contributed by atoms with van der Waals surface area (Å²) >= 11 is 0. The summed E-state index contributed by atoms with van der Waals surface area (Å²) in [6.45, 7) is 3.42. The van der Waals surface area contributed by atoms with Crippen LogP contribution >= 0.6 is 0 Å². The molecule has 0 spiro atoms. The fraction of sp³-hybridized carbons (Fsp3) is 0.421. The first kappa shape index (κ1) is 16.4. The summed E-state index contributed by atoms with van der Waals surface area (Å²) in [4.78, 5) is 28.8. The highest BCUT2D eigenvalue weighted by Crippen LogP contribution is 2.23. The van der Waals surface area contributed by atoms with Gasteiger partial charge in [0, 0.05) is 11.4 Å². The Morgan fingerprint density at radius 3 is 2.67 bits per heavy atom. The molecular formula is C19H22N2O3. The van der Waals surface area contributed by atoms with Gasteiger partial charge in [0.15, 0.2) is 6.61 Å². The molecule has 1 amide bonds. The minimum absolute atomic E-state index is 0.224. The minimum Gasteiger partial charge on any atom is -0.452 e. The topological polar surface area (TPSA) is 68.3 Å². The van der Waals surface area contributed by atoms with Crippen LogP contribution in [0.2, 0.25) is 0 Å². The highest BCUT2D eigenvalue weighted by Gasteiger charge is 2.21. The summed E-state index contributed by atoms with van der Waals surface area (Å²) < 4.78 is 5.22. The lowest BCUT2D eigenvalue weighted by molar-refractivity contribution is -0.124. The fourth-order valence-electron chi connectivity index (χ4n) is 3.37. The standard InChI is InChI=1S/C19H22N2O3/c1-12-15-9-5-6-10-16(15)20-13(2)18(12)19(23)24-11-17(22)21-14-7-3-4-8-14/h5-6,9-10,14H,3-4,7-8,11H2,1-2H3,(H,21,22). The van der Waals surface area contributed by atoms with Gasteiger partial charge in [-0.05, 0) is 38.3 Å². The SMILES string of the molecule is Cc1nc2ccccc2c(C)c1C(=O)OCC(=O)NC1CCCC1. The molecule has 1 aliphatic rings. The van der Waals surface area contributed by atoms with Gasteiger partial charge in [-0.25, -0.2) is 4.79 Å². The van der Waals surface area contributed by atoms with Gasteiger partial charge < -0.3 is 10.1 Å². The quantitative estimate of drug-likeness (QED) is 0.877. The molecule has 1 N–H and O–H groups in total. The highest BCUT2D eigenvalue weighted by molar-refractivity contribution is 5.99. The van der Waals surface area contributed by atoms with Gasteiger partial charge in [-0.2, -0.15) is 0 Å². The number of fused-ring (bicyclic) bond motifs is 1. The molecule has 0 saturated heterocycles. The van der Waals surface area contributed by atoms with Crippen molar-refractivity contribution >= 4 is 22.8 Å². The first-order chi connectivity index (χ1) is 11.6. The molecule has 1 aromatic heterocycles. The van der Waals surface area contributed by atoms with Gasteiger partial charge in [0.2, 0.25) is 0 Å². The number of nitrogens with one attached hydrogen (secondary N) is 1.